The number of rotatable bonds is 4. The Labute approximate surface area is 119 Å². The molecule has 0 amide bonds. The van der Waals surface area contributed by atoms with Crippen molar-refractivity contribution in [3.8, 4) is 5.75 Å². The van der Waals surface area contributed by atoms with Gasteiger partial charge in [-0.15, -0.1) is 0 Å². The maximum atomic E-state index is 5.97. The molecule has 1 aliphatic rings. The highest BCUT2D eigenvalue weighted by molar-refractivity contribution is 5.44. The molecule has 3 heterocycles. The van der Waals surface area contributed by atoms with Gasteiger partial charge in [-0.1, -0.05) is 0 Å². The number of hydrogen-bond acceptors (Lipinski definition) is 4. The van der Waals surface area contributed by atoms with Crippen LogP contribution in [0.1, 0.15) is 13.8 Å². The molecule has 5 heteroatoms. The molecule has 0 radical (unpaired) electrons. The van der Waals surface area contributed by atoms with Crippen LogP contribution < -0.4 is 4.74 Å². The molecule has 108 valence electrons. The second-order valence-corrected chi connectivity index (χ2v) is 5.76. The Morgan fingerprint density at radius 3 is 2.90 bits per heavy atom. The summed E-state index contributed by atoms with van der Waals surface area (Å²) >= 11 is 0. The molecular formula is C15H21N3O2. The van der Waals surface area contributed by atoms with Crippen LogP contribution in [-0.4, -0.2) is 52.7 Å². The van der Waals surface area contributed by atoms with E-state index < -0.39 is 0 Å². The van der Waals surface area contributed by atoms with Gasteiger partial charge in [0.15, 0.2) is 0 Å². The van der Waals surface area contributed by atoms with E-state index in [1.807, 2.05) is 28.9 Å². The molecule has 1 fully saturated rings. The maximum Gasteiger partial charge on any atom is 0.140 e. The van der Waals surface area contributed by atoms with E-state index >= 15 is 0 Å². The summed E-state index contributed by atoms with van der Waals surface area (Å²) in [6, 6.07) is 3.94. The molecule has 0 unspecified atom stereocenters. The van der Waals surface area contributed by atoms with Gasteiger partial charge >= 0.3 is 0 Å². The SMILES string of the molecule is CC(C)(COc1ccn2ccnc2c1)N1CCOCC1. The Kier molecular flexibility index (Phi) is 3.63. The summed E-state index contributed by atoms with van der Waals surface area (Å²) in [5.74, 6) is 0.866. The Morgan fingerprint density at radius 1 is 1.30 bits per heavy atom. The molecular weight excluding hydrogens is 254 g/mol. The van der Waals surface area contributed by atoms with E-state index in [2.05, 4.69) is 23.7 Å². The summed E-state index contributed by atoms with van der Waals surface area (Å²) in [7, 11) is 0. The summed E-state index contributed by atoms with van der Waals surface area (Å²) in [5, 5.41) is 0. The monoisotopic (exact) mass is 275 g/mol. The van der Waals surface area contributed by atoms with Crippen LogP contribution in [0.25, 0.3) is 5.65 Å². The number of ether oxygens (including phenoxy) is 2. The third-order valence-electron chi connectivity index (χ3n) is 3.83. The third-order valence-corrected chi connectivity index (χ3v) is 3.83. The largest absolute Gasteiger partial charge is 0.491 e. The van der Waals surface area contributed by atoms with Crippen LogP contribution >= 0.6 is 0 Å². The van der Waals surface area contributed by atoms with Gasteiger partial charge in [0.1, 0.15) is 18.0 Å². The quantitative estimate of drug-likeness (QED) is 0.853. The predicted octanol–water partition coefficient (Wildman–Crippen LogP) is 1.82. The Hall–Kier alpha value is -1.59. The van der Waals surface area contributed by atoms with Crippen LogP contribution in [0, 0.1) is 0 Å². The van der Waals surface area contributed by atoms with Crippen molar-refractivity contribution >= 4 is 5.65 Å². The third kappa shape index (κ3) is 2.78. The van der Waals surface area contributed by atoms with E-state index in [4.69, 9.17) is 9.47 Å². The van der Waals surface area contributed by atoms with Crippen LogP contribution in [0.5, 0.6) is 5.75 Å². The molecule has 3 rings (SSSR count). The second kappa shape index (κ2) is 5.42. The summed E-state index contributed by atoms with van der Waals surface area (Å²) in [6.45, 7) is 8.64. The summed E-state index contributed by atoms with van der Waals surface area (Å²) < 4.78 is 13.3. The van der Waals surface area contributed by atoms with Crippen molar-refractivity contribution in [1.29, 1.82) is 0 Å². The van der Waals surface area contributed by atoms with E-state index in [0.717, 1.165) is 37.7 Å². The number of morpholine rings is 1. The highest BCUT2D eigenvalue weighted by Crippen LogP contribution is 2.20. The van der Waals surface area contributed by atoms with E-state index in [-0.39, 0.29) is 5.54 Å². The van der Waals surface area contributed by atoms with E-state index in [0.29, 0.717) is 6.61 Å². The first-order valence-electron chi connectivity index (χ1n) is 7.03. The zero-order valence-electron chi connectivity index (χ0n) is 12.1. The molecule has 2 aromatic rings. The lowest BCUT2D eigenvalue weighted by atomic mass is 10.0. The standard InChI is InChI=1S/C15H21N3O2/c1-15(2,18-7-9-19-10-8-18)12-20-13-3-5-17-6-4-16-14(17)11-13/h3-6,11H,7-10,12H2,1-2H3. The molecule has 0 bridgehead atoms. The van der Waals surface area contributed by atoms with Crippen molar-refractivity contribution in [2.75, 3.05) is 32.9 Å². The zero-order valence-corrected chi connectivity index (χ0v) is 12.1. The van der Waals surface area contributed by atoms with Crippen LogP contribution in [-0.2, 0) is 4.74 Å². The first-order chi connectivity index (χ1) is 9.65. The molecule has 2 aromatic heterocycles. The van der Waals surface area contributed by atoms with Gasteiger partial charge in [0.25, 0.3) is 0 Å². The normalized spacial score (nSPS) is 17.5. The minimum Gasteiger partial charge on any atom is -0.491 e. The average molecular weight is 275 g/mol. The molecule has 5 nitrogen and oxygen atoms in total. The summed E-state index contributed by atoms with van der Waals surface area (Å²) in [6.07, 6.45) is 5.69. The topological polar surface area (TPSA) is 39.0 Å². The Morgan fingerprint density at radius 2 is 2.10 bits per heavy atom. The van der Waals surface area contributed by atoms with Crippen molar-refractivity contribution in [2.24, 2.45) is 0 Å². The molecule has 20 heavy (non-hydrogen) atoms. The molecule has 1 saturated heterocycles. The van der Waals surface area contributed by atoms with Crippen LogP contribution in [0.4, 0.5) is 0 Å². The zero-order chi connectivity index (χ0) is 14.0. The fourth-order valence-electron chi connectivity index (χ4n) is 2.50. The lowest BCUT2D eigenvalue weighted by molar-refractivity contribution is -0.0250. The van der Waals surface area contributed by atoms with Crippen molar-refractivity contribution in [2.45, 2.75) is 19.4 Å². The average Bonchev–Trinajstić information content (AvgIpc) is 2.94. The van der Waals surface area contributed by atoms with Crippen molar-refractivity contribution in [1.82, 2.24) is 14.3 Å². The molecule has 0 N–H and O–H groups in total. The first kappa shape index (κ1) is 13.4. The number of pyridine rings is 1. The minimum absolute atomic E-state index is 0.00529. The van der Waals surface area contributed by atoms with Gasteiger partial charge in [-0.3, -0.25) is 4.90 Å². The Balaban J connectivity index is 1.65. The first-order valence-corrected chi connectivity index (χ1v) is 7.03. The van der Waals surface area contributed by atoms with Gasteiger partial charge in [-0.2, -0.15) is 0 Å². The van der Waals surface area contributed by atoms with Gasteiger partial charge < -0.3 is 13.9 Å². The lowest BCUT2D eigenvalue weighted by Crippen LogP contribution is -2.53. The number of fused-ring (bicyclic) bond motifs is 1. The minimum atomic E-state index is 0.00529. The van der Waals surface area contributed by atoms with Crippen molar-refractivity contribution in [3.63, 3.8) is 0 Å². The number of nitrogens with zero attached hydrogens (tertiary/aromatic N) is 3. The molecule has 0 aliphatic carbocycles. The van der Waals surface area contributed by atoms with E-state index in [1.54, 1.807) is 6.20 Å². The smallest absolute Gasteiger partial charge is 0.140 e. The van der Waals surface area contributed by atoms with Gasteiger partial charge in [0.2, 0.25) is 0 Å². The lowest BCUT2D eigenvalue weighted by Gasteiger charge is -2.40. The number of aromatic nitrogens is 2. The fourth-order valence-corrected chi connectivity index (χ4v) is 2.50. The van der Waals surface area contributed by atoms with Gasteiger partial charge in [0, 0.05) is 43.3 Å². The molecule has 1 aliphatic heterocycles. The molecule has 0 spiro atoms. The highest BCUT2D eigenvalue weighted by atomic mass is 16.5. The second-order valence-electron chi connectivity index (χ2n) is 5.76. The highest BCUT2D eigenvalue weighted by Gasteiger charge is 2.29. The molecule has 0 saturated carbocycles. The van der Waals surface area contributed by atoms with Gasteiger partial charge in [0.05, 0.1) is 13.2 Å². The van der Waals surface area contributed by atoms with Crippen molar-refractivity contribution < 1.29 is 9.47 Å². The maximum absolute atomic E-state index is 5.97. The number of hydrogen-bond donors (Lipinski definition) is 0. The van der Waals surface area contributed by atoms with Crippen molar-refractivity contribution in [3.05, 3.63) is 30.7 Å². The predicted molar refractivity (Wildman–Crippen MR) is 77.2 cm³/mol. The number of imidazole rings is 1. The van der Waals surface area contributed by atoms with Crippen LogP contribution in [0.15, 0.2) is 30.7 Å². The van der Waals surface area contributed by atoms with Gasteiger partial charge in [-0.25, -0.2) is 4.98 Å². The summed E-state index contributed by atoms with van der Waals surface area (Å²) in [4.78, 5) is 6.69. The molecule has 0 atom stereocenters. The van der Waals surface area contributed by atoms with Crippen LogP contribution in [0.3, 0.4) is 0 Å². The Bertz CT molecular complexity index is 573. The van der Waals surface area contributed by atoms with E-state index in [1.165, 1.54) is 0 Å². The molecule has 0 aromatic carbocycles. The summed E-state index contributed by atoms with van der Waals surface area (Å²) in [5.41, 5.74) is 0.914. The van der Waals surface area contributed by atoms with Gasteiger partial charge in [-0.05, 0) is 19.9 Å². The fraction of sp³-hybridized carbons (Fsp3) is 0.533. The van der Waals surface area contributed by atoms with Crippen LogP contribution in [0.2, 0.25) is 0 Å². The van der Waals surface area contributed by atoms with E-state index in [9.17, 15) is 0 Å².